The van der Waals surface area contributed by atoms with Crippen LogP contribution in [0.25, 0.3) is 0 Å². The van der Waals surface area contributed by atoms with Gasteiger partial charge in [0.2, 0.25) is 5.91 Å². The van der Waals surface area contributed by atoms with E-state index in [9.17, 15) is 4.79 Å². The molecule has 6 heteroatoms. The number of amides is 1. The number of hydrogen-bond donors (Lipinski definition) is 3. The standard InChI is InChI=1S/C13H23N5O/c1-3-5-11-17-10(14)9-12(18-11)15-8-6-13(19)16-7-4-2/h9H,3-8H2,1-2H3,(H,16,19)(H3,14,15,17,18). The van der Waals surface area contributed by atoms with Crippen LogP contribution >= 0.6 is 0 Å². The molecule has 0 radical (unpaired) electrons. The molecule has 0 unspecified atom stereocenters. The Bertz CT molecular complexity index is 408. The Morgan fingerprint density at radius 2 is 2.05 bits per heavy atom. The van der Waals surface area contributed by atoms with Crippen LogP contribution in [0.15, 0.2) is 6.07 Å². The summed E-state index contributed by atoms with van der Waals surface area (Å²) in [6.45, 7) is 5.35. The van der Waals surface area contributed by atoms with E-state index in [1.807, 2.05) is 6.92 Å². The summed E-state index contributed by atoms with van der Waals surface area (Å²) >= 11 is 0. The molecule has 0 saturated carbocycles. The number of hydrogen-bond acceptors (Lipinski definition) is 5. The normalized spacial score (nSPS) is 10.2. The third-order valence-electron chi connectivity index (χ3n) is 2.50. The van der Waals surface area contributed by atoms with Crippen LogP contribution in [-0.2, 0) is 11.2 Å². The third kappa shape index (κ3) is 6.03. The van der Waals surface area contributed by atoms with Crippen molar-refractivity contribution in [1.29, 1.82) is 0 Å². The van der Waals surface area contributed by atoms with Crippen molar-refractivity contribution in [2.75, 3.05) is 24.1 Å². The minimum absolute atomic E-state index is 0.0464. The highest BCUT2D eigenvalue weighted by molar-refractivity contribution is 5.76. The third-order valence-corrected chi connectivity index (χ3v) is 2.50. The molecule has 1 rings (SSSR count). The second-order valence-electron chi connectivity index (χ2n) is 4.37. The van der Waals surface area contributed by atoms with Crippen molar-refractivity contribution in [2.45, 2.75) is 39.5 Å². The molecule has 0 aliphatic heterocycles. The lowest BCUT2D eigenvalue weighted by Crippen LogP contribution is -2.26. The summed E-state index contributed by atoms with van der Waals surface area (Å²) in [6.07, 6.45) is 3.15. The molecule has 1 amide bonds. The van der Waals surface area contributed by atoms with Gasteiger partial charge in [0.15, 0.2) is 0 Å². The van der Waals surface area contributed by atoms with Gasteiger partial charge < -0.3 is 16.4 Å². The van der Waals surface area contributed by atoms with Gasteiger partial charge in [-0.3, -0.25) is 4.79 Å². The Labute approximate surface area is 114 Å². The number of aryl methyl sites for hydroxylation is 1. The lowest BCUT2D eigenvalue weighted by molar-refractivity contribution is -0.120. The van der Waals surface area contributed by atoms with Crippen molar-refractivity contribution < 1.29 is 4.79 Å². The van der Waals surface area contributed by atoms with E-state index in [2.05, 4.69) is 27.5 Å². The molecule has 19 heavy (non-hydrogen) atoms. The number of aromatic nitrogens is 2. The van der Waals surface area contributed by atoms with Crippen LogP contribution in [0.2, 0.25) is 0 Å². The molecule has 106 valence electrons. The minimum atomic E-state index is 0.0464. The molecule has 1 heterocycles. The second-order valence-corrected chi connectivity index (χ2v) is 4.37. The van der Waals surface area contributed by atoms with E-state index in [1.54, 1.807) is 6.07 Å². The van der Waals surface area contributed by atoms with E-state index in [0.717, 1.165) is 31.6 Å². The maximum atomic E-state index is 11.4. The second kappa shape index (κ2) is 8.29. The fourth-order valence-corrected chi connectivity index (χ4v) is 1.60. The summed E-state index contributed by atoms with van der Waals surface area (Å²) in [6, 6.07) is 1.68. The predicted molar refractivity (Wildman–Crippen MR) is 76.8 cm³/mol. The molecule has 6 nitrogen and oxygen atoms in total. The van der Waals surface area contributed by atoms with Crippen molar-refractivity contribution in [3.05, 3.63) is 11.9 Å². The average Bonchev–Trinajstić information content (AvgIpc) is 2.36. The van der Waals surface area contributed by atoms with E-state index >= 15 is 0 Å². The first kappa shape index (κ1) is 15.2. The van der Waals surface area contributed by atoms with Gasteiger partial charge in [0.25, 0.3) is 0 Å². The number of carbonyl (C=O) groups excluding carboxylic acids is 1. The molecule has 0 fully saturated rings. The van der Waals surface area contributed by atoms with Crippen molar-refractivity contribution in [3.8, 4) is 0 Å². The topological polar surface area (TPSA) is 92.9 Å². The lowest BCUT2D eigenvalue weighted by atomic mass is 10.3. The monoisotopic (exact) mass is 265 g/mol. The van der Waals surface area contributed by atoms with Gasteiger partial charge in [-0.25, -0.2) is 9.97 Å². The van der Waals surface area contributed by atoms with Crippen LogP contribution in [0.4, 0.5) is 11.6 Å². The van der Waals surface area contributed by atoms with E-state index in [-0.39, 0.29) is 5.91 Å². The number of nitrogens with two attached hydrogens (primary N) is 1. The number of anilines is 2. The molecule has 0 spiro atoms. The van der Waals surface area contributed by atoms with Gasteiger partial charge >= 0.3 is 0 Å². The maximum absolute atomic E-state index is 11.4. The molecule has 0 aliphatic rings. The number of rotatable bonds is 8. The fraction of sp³-hybridized carbons (Fsp3) is 0.615. The van der Waals surface area contributed by atoms with Crippen LogP contribution in [0.1, 0.15) is 38.9 Å². The number of carbonyl (C=O) groups is 1. The van der Waals surface area contributed by atoms with E-state index in [1.165, 1.54) is 0 Å². The fourth-order valence-electron chi connectivity index (χ4n) is 1.60. The molecule has 1 aromatic heterocycles. The van der Waals surface area contributed by atoms with Crippen molar-refractivity contribution in [3.63, 3.8) is 0 Å². The molecule has 4 N–H and O–H groups in total. The quantitative estimate of drug-likeness (QED) is 0.659. The van der Waals surface area contributed by atoms with Gasteiger partial charge in [0, 0.05) is 32.0 Å². The van der Waals surface area contributed by atoms with Crippen LogP contribution < -0.4 is 16.4 Å². The van der Waals surface area contributed by atoms with Crippen LogP contribution in [-0.4, -0.2) is 29.0 Å². The predicted octanol–water partition coefficient (Wildman–Crippen LogP) is 1.34. The van der Waals surface area contributed by atoms with E-state index in [0.29, 0.717) is 24.6 Å². The van der Waals surface area contributed by atoms with Crippen molar-refractivity contribution >= 4 is 17.5 Å². The Hall–Kier alpha value is -1.85. The van der Waals surface area contributed by atoms with E-state index in [4.69, 9.17) is 5.73 Å². The summed E-state index contributed by atoms with van der Waals surface area (Å²) in [5.74, 6) is 1.92. The summed E-state index contributed by atoms with van der Waals surface area (Å²) in [7, 11) is 0. The Morgan fingerprint density at radius 3 is 2.74 bits per heavy atom. The summed E-state index contributed by atoms with van der Waals surface area (Å²) in [5, 5.41) is 5.92. The van der Waals surface area contributed by atoms with Gasteiger partial charge in [-0.15, -0.1) is 0 Å². The maximum Gasteiger partial charge on any atom is 0.221 e. The van der Waals surface area contributed by atoms with Gasteiger partial charge in [-0.2, -0.15) is 0 Å². The first-order chi connectivity index (χ1) is 9.15. The first-order valence-corrected chi connectivity index (χ1v) is 6.79. The molecular formula is C13H23N5O. The summed E-state index contributed by atoms with van der Waals surface area (Å²) in [4.78, 5) is 19.9. The SMILES string of the molecule is CCCNC(=O)CCNc1cc(N)nc(CCC)n1. The van der Waals surface area contributed by atoms with Crippen LogP contribution in [0, 0.1) is 0 Å². The van der Waals surface area contributed by atoms with Crippen LogP contribution in [0.3, 0.4) is 0 Å². The first-order valence-electron chi connectivity index (χ1n) is 6.79. The average molecular weight is 265 g/mol. The Morgan fingerprint density at radius 1 is 1.26 bits per heavy atom. The number of nitrogens with one attached hydrogen (secondary N) is 2. The molecule has 0 atom stereocenters. The van der Waals surface area contributed by atoms with E-state index < -0.39 is 0 Å². The van der Waals surface area contributed by atoms with Crippen LogP contribution in [0.5, 0.6) is 0 Å². The molecular weight excluding hydrogens is 242 g/mol. The number of nitrogen functional groups attached to an aromatic ring is 1. The molecule has 0 aromatic carbocycles. The van der Waals surface area contributed by atoms with Gasteiger partial charge in [-0.05, 0) is 12.8 Å². The van der Waals surface area contributed by atoms with Gasteiger partial charge in [0.05, 0.1) is 0 Å². The zero-order valence-corrected chi connectivity index (χ0v) is 11.7. The summed E-state index contributed by atoms with van der Waals surface area (Å²) in [5.41, 5.74) is 5.72. The smallest absolute Gasteiger partial charge is 0.221 e. The molecule has 0 aliphatic carbocycles. The largest absolute Gasteiger partial charge is 0.384 e. The van der Waals surface area contributed by atoms with Crippen molar-refractivity contribution in [2.24, 2.45) is 0 Å². The van der Waals surface area contributed by atoms with Gasteiger partial charge in [0.1, 0.15) is 17.5 Å². The molecule has 1 aromatic rings. The lowest BCUT2D eigenvalue weighted by Gasteiger charge is -2.08. The highest BCUT2D eigenvalue weighted by Crippen LogP contribution is 2.09. The minimum Gasteiger partial charge on any atom is -0.384 e. The highest BCUT2D eigenvalue weighted by Gasteiger charge is 2.03. The highest BCUT2D eigenvalue weighted by atomic mass is 16.1. The van der Waals surface area contributed by atoms with Gasteiger partial charge in [-0.1, -0.05) is 13.8 Å². The zero-order valence-electron chi connectivity index (χ0n) is 11.7. The summed E-state index contributed by atoms with van der Waals surface area (Å²) < 4.78 is 0. The number of nitrogens with zero attached hydrogens (tertiary/aromatic N) is 2. The zero-order chi connectivity index (χ0) is 14.1. The van der Waals surface area contributed by atoms with Crippen molar-refractivity contribution in [1.82, 2.24) is 15.3 Å². The Kier molecular flexibility index (Phi) is 6.63. The Balaban J connectivity index is 2.42. The molecule has 0 bridgehead atoms. The molecule has 0 saturated heterocycles.